The standard InChI is InChI=1S/C22H23NO4/c1-3-26-22(25)21-20(18-12-8-5-9-13-18)23(21)16(2)14-19(24)27-15-17-10-6-4-7-11-17/h4-14,20-21H,3,15H2,1-2H3/b16-14+/t20-,21-,23?/m1/s1. The minimum Gasteiger partial charge on any atom is -0.464 e. The highest BCUT2D eigenvalue weighted by Crippen LogP contribution is 2.46. The summed E-state index contributed by atoms with van der Waals surface area (Å²) in [5.41, 5.74) is 2.62. The molecule has 0 N–H and O–H groups in total. The molecule has 0 saturated carbocycles. The maximum atomic E-state index is 12.3. The normalized spacial score (nSPS) is 18.7. The van der Waals surface area contributed by atoms with E-state index in [2.05, 4.69) is 0 Å². The van der Waals surface area contributed by atoms with Crippen LogP contribution in [-0.2, 0) is 25.7 Å². The van der Waals surface area contributed by atoms with Crippen LogP contribution in [0.25, 0.3) is 0 Å². The molecule has 0 unspecified atom stereocenters. The van der Waals surface area contributed by atoms with E-state index in [1.54, 1.807) is 13.8 Å². The van der Waals surface area contributed by atoms with Crippen molar-refractivity contribution in [2.24, 2.45) is 0 Å². The average molecular weight is 365 g/mol. The molecule has 0 radical (unpaired) electrons. The quantitative estimate of drug-likeness (QED) is 0.426. The Bertz CT molecular complexity index is 817. The highest BCUT2D eigenvalue weighted by atomic mass is 16.5. The summed E-state index contributed by atoms with van der Waals surface area (Å²) in [5, 5.41) is 0. The Hall–Kier alpha value is -3.08. The Labute approximate surface area is 159 Å². The van der Waals surface area contributed by atoms with E-state index in [1.165, 1.54) is 6.08 Å². The summed E-state index contributed by atoms with van der Waals surface area (Å²) in [6.07, 6.45) is 1.43. The van der Waals surface area contributed by atoms with Crippen molar-refractivity contribution in [2.45, 2.75) is 32.5 Å². The van der Waals surface area contributed by atoms with E-state index in [-0.39, 0.29) is 18.6 Å². The molecule has 1 saturated heterocycles. The van der Waals surface area contributed by atoms with Crippen molar-refractivity contribution in [3.63, 3.8) is 0 Å². The van der Waals surface area contributed by atoms with Crippen molar-refractivity contribution in [1.82, 2.24) is 4.90 Å². The van der Waals surface area contributed by atoms with Crippen molar-refractivity contribution < 1.29 is 19.1 Å². The Morgan fingerprint density at radius 3 is 2.26 bits per heavy atom. The summed E-state index contributed by atoms with van der Waals surface area (Å²) in [6, 6.07) is 18.7. The van der Waals surface area contributed by atoms with Gasteiger partial charge in [-0.05, 0) is 25.0 Å². The molecule has 5 heteroatoms. The van der Waals surface area contributed by atoms with E-state index in [1.807, 2.05) is 65.6 Å². The molecule has 0 bridgehead atoms. The first kappa shape index (κ1) is 18.7. The maximum Gasteiger partial charge on any atom is 0.332 e. The summed E-state index contributed by atoms with van der Waals surface area (Å²) in [6.45, 7) is 4.13. The van der Waals surface area contributed by atoms with Gasteiger partial charge < -0.3 is 14.4 Å². The van der Waals surface area contributed by atoms with Gasteiger partial charge in [-0.2, -0.15) is 0 Å². The molecule has 3 rings (SSSR count). The van der Waals surface area contributed by atoms with Crippen LogP contribution in [0.2, 0.25) is 0 Å². The first-order valence-corrected chi connectivity index (χ1v) is 9.00. The monoisotopic (exact) mass is 365 g/mol. The summed E-state index contributed by atoms with van der Waals surface area (Å²) in [7, 11) is 0. The van der Waals surface area contributed by atoms with Crippen LogP contribution in [-0.4, -0.2) is 29.5 Å². The van der Waals surface area contributed by atoms with E-state index in [9.17, 15) is 9.59 Å². The molecule has 1 heterocycles. The zero-order chi connectivity index (χ0) is 19.2. The topological polar surface area (TPSA) is 55.6 Å². The highest BCUT2D eigenvalue weighted by Gasteiger charge is 2.54. The van der Waals surface area contributed by atoms with Crippen LogP contribution in [0.1, 0.15) is 31.0 Å². The zero-order valence-corrected chi connectivity index (χ0v) is 15.5. The Kier molecular flexibility index (Phi) is 5.91. The molecule has 2 aromatic rings. The van der Waals surface area contributed by atoms with Gasteiger partial charge in [-0.15, -0.1) is 0 Å². The van der Waals surface area contributed by atoms with Crippen molar-refractivity contribution in [3.8, 4) is 0 Å². The molecule has 140 valence electrons. The van der Waals surface area contributed by atoms with Gasteiger partial charge in [0.15, 0.2) is 6.04 Å². The molecule has 5 nitrogen and oxygen atoms in total. The second-order valence-electron chi connectivity index (χ2n) is 6.34. The van der Waals surface area contributed by atoms with Gasteiger partial charge in [-0.3, -0.25) is 0 Å². The summed E-state index contributed by atoms with van der Waals surface area (Å²) < 4.78 is 10.5. The number of nitrogens with zero attached hydrogens (tertiary/aromatic N) is 1. The SMILES string of the molecule is CCOC(=O)[C@H]1[C@@H](c2ccccc2)N1/C(C)=C/C(=O)OCc1ccccc1. The molecule has 0 amide bonds. The zero-order valence-electron chi connectivity index (χ0n) is 15.5. The molecule has 0 aliphatic carbocycles. The van der Waals surface area contributed by atoms with Crippen LogP contribution in [0.5, 0.6) is 0 Å². The Morgan fingerprint density at radius 2 is 1.63 bits per heavy atom. The van der Waals surface area contributed by atoms with Crippen LogP contribution in [0.4, 0.5) is 0 Å². The number of hydrogen-bond donors (Lipinski definition) is 0. The predicted octanol–water partition coefficient (Wildman–Crippen LogP) is 3.62. The highest BCUT2D eigenvalue weighted by molar-refractivity contribution is 5.85. The first-order valence-electron chi connectivity index (χ1n) is 9.00. The van der Waals surface area contributed by atoms with Gasteiger partial charge in [-0.1, -0.05) is 60.7 Å². The fourth-order valence-corrected chi connectivity index (χ4v) is 3.15. The molecule has 0 spiro atoms. The Balaban J connectivity index is 1.69. The van der Waals surface area contributed by atoms with Crippen LogP contribution < -0.4 is 0 Å². The van der Waals surface area contributed by atoms with Crippen molar-refractivity contribution >= 4 is 11.9 Å². The number of ether oxygens (including phenoxy) is 2. The lowest BCUT2D eigenvalue weighted by molar-refractivity contribution is -0.143. The van der Waals surface area contributed by atoms with Gasteiger partial charge in [0.05, 0.1) is 12.6 Å². The minimum atomic E-state index is -0.433. The van der Waals surface area contributed by atoms with E-state index in [4.69, 9.17) is 9.47 Å². The maximum absolute atomic E-state index is 12.3. The molecule has 2 atom stereocenters. The Morgan fingerprint density at radius 1 is 1.00 bits per heavy atom. The van der Waals surface area contributed by atoms with Crippen LogP contribution in [0, 0.1) is 0 Å². The van der Waals surface area contributed by atoms with Gasteiger partial charge >= 0.3 is 11.9 Å². The molecule has 1 fully saturated rings. The fraction of sp³-hybridized carbons (Fsp3) is 0.273. The van der Waals surface area contributed by atoms with Crippen molar-refractivity contribution in [3.05, 3.63) is 83.6 Å². The fourth-order valence-electron chi connectivity index (χ4n) is 3.15. The van der Waals surface area contributed by atoms with Gasteiger partial charge in [0.1, 0.15) is 6.61 Å². The lowest BCUT2D eigenvalue weighted by Crippen LogP contribution is -2.16. The molecular formula is C22H23NO4. The molecule has 27 heavy (non-hydrogen) atoms. The molecular weight excluding hydrogens is 342 g/mol. The summed E-state index contributed by atoms with van der Waals surface area (Å²) in [4.78, 5) is 26.3. The second-order valence-corrected chi connectivity index (χ2v) is 6.34. The first-order chi connectivity index (χ1) is 13.1. The largest absolute Gasteiger partial charge is 0.464 e. The number of allylic oxidation sites excluding steroid dienone is 1. The van der Waals surface area contributed by atoms with Gasteiger partial charge in [0, 0.05) is 11.8 Å². The van der Waals surface area contributed by atoms with E-state index < -0.39 is 12.0 Å². The third-order valence-electron chi connectivity index (χ3n) is 4.44. The lowest BCUT2D eigenvalue weighted by atomic mass is 10.1. The number of carbonyl (C=O) groups excluding carboxylic acids is 2. The molecule has 0 aromatic heterocycles. The third kappa shape index (κ3) is 4.56. The van der Waals surface area contributed by atoms with E-state index in [0.717, 1.165) is 11.1 Å². The van der Waals surface area contributed by atoms with Gasteiger partial charge in [-0.25, -0.2) is 9.59 Å². The number of esters is 2. The van der Waals surface area contributed by atoms with Crippen LogP contribution in [0.15, 0.2) is 72.4 Å². The van der Waals surface area contributed by atoms with Gasteiger partial charge in [0.25, 0.3) is 0 Å². The average Bonchev–Trinajstić information content (AvgIpc) is 3.44. The number of carbonyl (C=O) groups is 2. The van der Waals surface area contributed by atoms with E-state index >= 15 is 0 Å². The van der Waals surface area contributed by atoms with E-state index in [0.29, 0.717) is 12.3 Å². The predicted molar refractivity (Wildman–Crippen MR) is 101 cm³/mol. The lowest BCUT2D eigenvalue weighted by Gasteiger charge is -2.07. The smallest absolute Gasteiger partial charge is 0.332 e. The number of hydrogen-bond acceptors (Lipinski definition) is 5. The summed E-state index contributed by atoms with van der Waals surface area (Å²) >= 11 is 0. The third-order valence-corrected chi connectivity index (χ3v) is 4.44. The van der Waals surface area contributed by atoms with Crippen molar-refractivity contribution in [1.29, 1.82) is 0 Å². The summed E-state index contributed by atoms with van der Waals surface area (Å²) in [5.74, 6) is -0.713. The second kappa shape index (κ2) is 8.54. The van der Waals surface area contributed by atoms with Crippen LogP contribution in [0.3, 0.4) is 0 Å². The minimum absolute atomic E-state index is 0.122. The molecule has 1 aliphatic heterocycles. The number of rotatable bonds is 7. The molecule has 2 aromatic carbocycles. The van der Waals surface area contributed by atoms with Gasteiger partial charge in [0.2, 0.25) is 0 Å². The number of benzene rings is 2. The van der Waals surface area contributed by atoms with Crippen LogP contribution >= 0.6 is 0 Å². The van der Waals surface area contributed by atoms with Crippen molar-refractivity contribution in [2.75, 3.05) is 6.61 Å². The molecule has 1 aliphatic rings.